The van der Waals surface area contributed by atoms with Crippen molar-refractivity contribution in [3.05, 3.63) is 54.6 Å². The van der Waals surface area contributed by atoms with Crippen LogP contribution in [0.4, 0.5) is 0 Å². The zero-order valence-electron chi connectivity index (χ0n) is 15.1. The molecule has 1 fully saturated rings. The highest BCUT2D eigenvalue weighted by molar-refractivity contribution is 5.79. The Balaban J connectivity index is 1.48. The molecule has 0 radical (unpaired) electrons. The molecule has 0 atom stereocenters. The normalized spacial score (nSPS) is 14.2. The van der Waals surface area contributed by atoms with Crippen LogP contribution in [0.3, 0.4) is 0 Å². The van der Waals surface area contributed by atoms with Gasteiger partial charge in [0, 0.05) is 32.6 Å². The maximum absolute atomic E-state index is 12.3. The maximum Gasteiger partial charge on any atom is 0.260 e. The van der Waals surface area contributed by atoms with Crippen molar-refractivity contribution in [2.45, 2.75) is 13.3 Å². The fraction of sp³-hybridized carbons (Fsp3) is 0.333. The second-order valence-electron chi connectivity index (χ2n) is 6.29. The molecule has 2 aromatic carbocycles. The van der Waals surface area contributed by atoms with Gasteiger partial charge in [0.25, 0.3) is 5.91 Å². The second kappa shape index (κ2) is 8.52. The van der Waals surface area contributed by atoms with E-state index in [-0.39, 0.29) is 18.4 Å². The fourth-order valence-electron chi connectivity index (χ4n) is 3.04. The zero-order chi connectivity index (χ0) is 18.4. The molecular weight excluding hydrogens is 328 g/mol. The zero-order valence-corrected chi connectivity index (χ0v) is 15.1. The van der Waals surface area contributed by atoms with Crippen molar-refractivity contribution in [3.8, 4) is 16.9 Å². The molecule has 1 heterocycles. The number of nitrogens with zero attached hydrogens (tertiary/aromatic N) is 2. The molecule has 1 saturated heterocycles. The molecule has 1 aliphatic rings. The minimum Gasteiger partial charge on any atom is -0.484 e. The van der Waals surface area contributed by atoms with Crippen LogP contribution in [0.2, 0.25) is 0 Å². The number of hydrogen-bond donors (Lipinski definition) is 0. The van der Waals surface area contributed by atoms with Crippen molar-refractivity contribution in [3.63, 3.8) is 0 Å². The molecule has 5 nitrogen and oxygen atoms in total. The van der Waals surface area contributed by atoms with Crippen LogP contribution in [0, 0.1) is 0 Å². The number of rotatable bonds is 5. The van der Waals surface area contributed by atoms with Crippen LogP contribution < -0.4 is 4.74 Å². The number of piperazine rings is 1. The summed E-state index contributed by atoms with van der Waals surface area (Å²) in [5.74, 6) is 0.783. The summed E-state index contributed by atoms with van der Waals surface area (Å²) in [7, 11) is 0. The summed E-state index contributed by atoms with van der Waals surface area (Å²) in [6.07, 6.45) is 0.510. The quantitative estimate of drug-likeness (QED) is 0.831. The van der Waals surface area contributed by atoms with Gasteiger partial charge in [-0.2, -0.15) is 0 Å². The van der Waals surface area contributed by atoms with E-state index in [0.29, 0.717) is 38.3 Å². The summed E-state index contributed by atoms with van der Waals surface area (Å²) in [5, 5.41) is 0. The van der Waals surface area contributed by atoms with Crippen molar-refractivity contribution in [1.82, 2.24) is 9.80 Å². The molecule has 0 N–H and O–H groups in total. The van der Waals surface area contributed by atoms with Crippen molar-refractivity contribution in [2.24, 2.45) is 0 Å². The average molecular weight is 352 g/mol. The second-order valence-corrected chi connectivity index (χ2v) is 6.29. The standard InChI is InChI=1S/C21H24N2O3/c1-2-20(24)22-12-14-23(15-13-22)21(25)16-26-19-10-8-18(9-11-19)17-6-4-3-5-7-17/h3-11H,2,12-16H2,1H3. The number of hydrogen-bond acceptors (Lipinski definition) is 3. The highest BCUT2D eigenvalue weighted by atomic mass is 16.5. The van der Waals surface area contributed by atoms with E-state index in [2.05, 4.69) is 12.1 Å². The molecule has 2 amide bonds. The summed E-state index contributed by atoms with van der Waals surface area (Å²) in [5.41, 5.74) is 2.26. The van der Waals surface area contributed by atoms with E-state index >= 15 is 0 Å². The van der Waals surface area contributed by atoms with Gasteiger partial charge in [0.2, 0.25) is 5.91 Å². The monoisotopic (exact) mass is 352 g/mol. The van der Waals surface area contributed by atoms with Crippen LogP contribution >= 0.6 is 0 Å². The Bertz CT molecular complexity index is 736. The lowest BCUT2D eigenvalue weighted by atomic mass is 10.1. The van der Waals surface area contributed by atoms with E-state index < -0.39 is 0 Å². The Morgan fingerprint density at radius 1 is 0.808 bits per heavy atom. The molecular formula is C21H24N2O3. The summed E-state index contributed by atoms with van der Waals surface area (Å²) in [4.78, 5) is 27.6. The molecule has 0 unspecified atom stereocenters. The topological polar surface area (TPSA) is 49.9 Å². The van der Waals surface area contributed by atoms with E-state index in [1.54, 1.807) is 4.90 Å². The summed E-state index contributed by atoms with van der Waals surface area (Å²) >= 11 is 0. The van der Waals surface area contributed by atoms with Crippen molar-refractivity contribution >= 4 is 11.8 Å². The Hall–Kier alpha value is -2.82. The molecule has 0 spiro atoms. The third-order valence-electron chi connectivity index (χ3n) is 4.61. The number of benzene rings is 2. The van der Waals surface area contributed by atoms with E-state index in [1.165, 1.54) is 0 Å². The van der Waals surface area contributed by atoms with Crippen molar-refractivity contribution in [1.29, 1.82) is 0 Å². The summed E-state index contributed by atoms with van der Waals surface area (Å²) < 4.78 is 5.64. The predicted octanol–water partition coefficient (Wildman–Crippen LogP) is 2.81. The highest BCUT2D eigenvalue weighted by Gasteiger charge is 2.23. The van der Waals surface area contributed by atoms with Gasteiger partial charge in [-0.25, -0.2) is 0 Å². The lowest BCUT2D eigenvalue weighted by Gasteiger charge is -2.34. The lowest BCUT2D eigenvalue weighted by Crippen LogP contribution is -2.51. The fourth-order valence-corrected chi connectivity index (χ4v) is 3.04. The first kappa shape index (κ1) is 18.0. The van der Waals surface area contributed by atoms with Gasteiger partial charge in [-0.15, -0.1) is 0 Å². The lowest BCUT2D eigenvalue weighted by molar-refractivity contribution is -0.140. The largest absolute Gasteiger partial charge is 0.484 e. The molecule has 2 aromatic rings. The minimum atomic E-state index is -0.0410. The average Bonchev–Trinajstić information content (AvgIpc) is 2.72. The number of ether oxygens (including phenoxy) is 1. The molecule has 0 aliphatic carbocycles. The number of carbonyl (C=O) groups is 2. The van der Waals surface area contributed by atoms with Crippen LogP contribution in [0.5, 0.6) is 5.75 Å². The Kier molecular flexibility index (Phi) is 5.89. The van der Waals surface area contributed by atoms with Crippen molar-refractivity contribution in [2.75, 3.05) is 32.8 Å². The molecule has 5 heteroatoms. The third kappa shape index (κ3) is 4.42. The van der Waals surface area contributed by atoms with E-state index in [4.69, 9.17) is 4.74 Å². The van der Waals surface area contributed by atoms with Gasteiger partial charge in [-0.3, -0.25) is 9.59 Å². The van der Waals surface area contributed by atoms with Crippen LogP contribution in [0.15, 0.2) is 54.6 Å². The number of carbonyl (C=O) groups excluding carboxylic acids is 2. The molecule has 1 aliphatic heterocycles. The molecule has 0 bridgehead atoms. The summed E-state index contributed by atoms with van der Waals surface area (Å²) in [6, 6.07) is 17.9. The molecule has 26 heavy (non-hydrogen) atoms. The van der Waals surface area contributed by atoms with E-state index in [0.717, 1.165) is 11.1 Å². The van der Waals surface area contributed by atoms with Gasteiger partial charge < -0.3 is 14.5 Å². The van der Waals surface area contributed by atoms with Crippen LogP contribution in [-0.4, -0.2) is 54.4 Å². The van der Waals surface area contributed by atoms with Gasteiger partial charge >= 0.3 is 0 Å². The Labute approximate surface area is 154 Å². The van der Waals surface area contributed by atoms with Crippen LogP contribution in [-0.2, 0) is 9.59 Å². The van der Waals surface area contributed by atoms with E-state index in [1.807, 2.05) is 54.3 Å². The van der Waals surface area contributed by atoms with Crippen LogP contribution in [0.1, 0.15) is 13.3 Å². The van der Waals surface area contributed by atoms with Gasteiger partial charge in [-0.1, -0.05) is 49.4 Å². The minimum absolute atomic E-state index is 0.0202. The predicted molar refractivity (Wildman–Crippen MR) is 101 cm³/mol. The van der Waals surface area contributed by atoms with Gasteiger partial charge in [0.1, 0.15) is 5.75 Å². The Morgan fingerprint density at radius 2 is 1.35 bits per heavy atom. The molecule has 0 saturated carbocycles. The number of amides is 2. The van der Waals surface area contributed by atoms with Gasteiger partial charge in [0.05, 0.1) is 0 Å². The van der Waals surface area contributed by atoms with Gasteiger partial charge in [-0.05, 0) is 23.3 Å². The first-order valence-electron chi connectivity index (χ1n) is 9.01. The molecule has 0 aromatic heterocycles. The maximum atomic E-state index is 12.3. The third-order valence-corrected chi connectivity index (χ3v) is 4.61. The highest BCUT2D eigenvalue weighted by Crippen LogP contribution is 2.22. The van der Waals surface area contributed by atoms with Crippen molar-refractivity contribution < 1.29 is 14.3 Å². The van der Waals surface area contributed by atoms with Crippen LogP contribution in [0.25, 0.3) is 11.1 Å². The molecule has 136 valence electrons. The summed E-state index contributed by atoms with van der Waals surface area (Å²) in [6.45, 7) is 4.22. The molecule has 3 rings (SSSR count). The first-order chi connectivity index (χ1) is 12.7. The Morgan fingerprint density at radius 3 is 1.92 bits per heavy atom. The van der Waals surface area contributed by atoms with E-state index in [9.17, 15) is 9.59 Å². The SMILES string of the molecule is CCC(=O)N1CCN(C(=O)COc2ccc(-c3ccccc3)cc2)CC1. The smallest absolute Gasteiger partial charge is 0.260 e. The first-order valence-corrected chi connectivity index (χ1v) is 9.01. The van der Waals surface area contributed by atoms with Gasteiger partial charge in [0.15, 0.2) is 6.61 Å².